The van der Waals surface area contributed by atoms with Gasteiger partial charge in [-0.15, -0.1) is 0 Å². The molecule has 0 fully saturated rings. The molecule has 0 saturated carbocycles. The molecule has 0 aliphatic rings. The number of nitrogens with one attached hydrogen (secondary N) is 1. The van der Waals surface area contributed by atoms with Crippen LogP contribution in [-0.2, 0) is 24.1 Å². The van der Waals surface area contributed by atoms with Crippen molar-refractivity contribution >= 4 is 45.0 Å². The van der Waals surface area contributed by atoms with E-state index in [-0.39, 0.29) is 15.5 Å². The molecule has 166 valence electrons. The number of halogens is 1. The van der Waals surface area contributed by atoms with Gasteiger partial charge in [0.25, 0.3) is 5.91 Å². The normalized spacial score (nSPS) is 10.9. The van der Waals surface area contributed by atoms with Crippen molar-refractivity contribution in [3.63, 3.8) is 0 Å². The lowest BCUT2D eigenvalue weighted by Gasteiger charge is -2.09. The monoisotopic (exact) mass is 467 g/mol. The second-order valence-electron chi connectivity index (χ2n) is 6.60. The first-order valence-corrected chi connectivity index (χ1v) is 11.6. The van der Waals surface area contributed by atoms with E-state index in [1.165, 1.54) is 36.4 Å². The van der Waals surface area contributed by atoms with E-state index in [4.69, 9.17) is 21.1 Å². The van der Waals surface area contributed by atoms with Crippen LogP contribution in [0.3, 0.4) is 0 Å². The molecule has 2 rings (SSSR count). The predicted octanol–water partition coefficient (Wildman–Crippen LogP) is 3.50. The quantitative estimate of drug-likeness (QED) is 0.443. The van der Waals surface area contributed by atoms with E-state index >= 15 is 0 Å². The minimum Gasteiger partial charge on any atom is -0.462 e. The van der Waals surface area contributed by atoms with Gasteiger partial charge in [-0.2, -0.15) is 0 Å². The molecule has 0 heterocycles. The van der Waals surface area contributed by atoms with Crippen molar-refractivity contribution in [3.8, 4) is 0 Å². The van der Waals surface area contributed by atoms with E-state index in [0.29, 0.717) is 17.9 Å². The van der Waals surface area contributed by atoms with Crippen LogP contribution >= 0.6 is 11.6 Å². The summed E-state index contributed by atoms with van der Waals surface area (Å²) in [6.45, 7) is 1.72. The fraction of sp³-hybridized carbons (Fsp3) is 0.286. The molecule has 0 unspecified atom stereocenters. The molecule has 31 heavy (non-hydrogen) atoms. The highest BCUT2D eigenvalue weighted by atomic mass is 35.5. The highest BCUT2D eigenvalue weighted by Gasteiger charge is 2.18. The van der Waals surface area contributed by atoms with Crippen LogP contribution in [0.4, 0.5) is 5.69 Å². The largest absolute Gasteiger partial charge is 0.462 e. The number of ether oxygens (including phenoxy) is 2. The molecule has 8 nitrogen and oxygen atoms in total. The predicted molar refractivity (Wildman–Crippen MR) is 115 cm³/mol. The van der Waals surface area contributed by atoms with Crippen LogP contribution in [0.2, 0.25) is 5.02 Å². The van der Waals surface area contributed by atoms with Gasteiger partial charge >= 0.3 is 11.9 Å². The van der Waals surface area contributed by atoms with Gasteiger partial charge in [-0.3, -0.25) is 4.79 Å². The number of anilines is 1. The second-order valence-corrected chi connectivity index (χ2v) is 9.03. The highest BCUT2D eigenvalue weighted by molar-refractivity contribution is 7.90. The molecule has 0 spiro atoms. The Bertz CT molecular complexity index is 1070. The Morgan fingerprint density at radius 3 is 2.29 bits per heavy atom. The van der Waals surface area contributed by atoms with Gasteiger partial charge in [0, 0.05) is 11.9 Å². The smallest absolute Gasteiger partial charge is 0.340 e. The van der Waals surface area contributed by atoms with E-state index in [9.17, 15) is 22.8 Å². The maximum atomic E-state index is 12.2. The first-order chi connectivity index (χ1) is 14.6. The van der Waals surface area contributed by atoms with Crippen molar-refractivity contribution in [2.45, 2.75) is 24.7 Å². The number of rotatable bonds is 9. The maximum absolute atomic E-state index is 12.2. The molecule has 0 aliphatic heterocycles. The zero-order valence-corrected chi connectivity index (χ0v) is 18.6. The molecule has 0 bridgehead atoms. The topological polar surface area (TPSA) is 116 Å². The van der Waals surface area contributed by atoms with Gasteiger partial charge in [0.1, 0.15) is 0 Å². The lowest BCUT2D eigenvalue weighted by molar-refractivity contribution is -0.119. The van der Waals surface area contributed by atoms with E-state index in [0.717, 1.165) is 25.2 Å². The fourth-order valence-electron chi connectivity index (χ4n) is 2.38. The number of carbonyl (C=O) groups is 3. The van der Waals surface area contributed by atoms with Crippen molar-refractivity contribution < 1.29 is 32.3 Å². The van der Waals surface area contributed by atoms with Crippen LogP contribution in [-0.4, -0.2) is 45.7 Å². The summed E-state index contributed by atoms with van der Waals surface area (Å²) in [7, 11) is -3.54. The summed E-state index contributed by atoms with van der Waals surface area (Å²) in [5.74, 6) is -2.01. The number of carbonyl (C=O) groups excluding carboxylic acids is 3. The Labute approximate surface area is 185 Å². The molecular formula is C21H22ClNO7S. The Hall–Kier alpha value is -2.91. The summed E-state index contributed by atoms with van der Waals surface area (Å²) in [6, 6.07) is 9.67. The number of sulfone groups is 1. The molecule has 0 radical (unpaired) electrons. The van der Waals surface area contributed by atoms with Crippen LogP contribution in [0.1, 0.15) is 40.5 Å². The van der Waals surface area contributed by atoms with E-state index in [2.05, 4.69) is 5.32 Å². The Morgan fingerprint density at radius 1 is 1.00 bits per heavy atom. The Morgan fingerprint density at radius 2 is 1.68 bits per heavy atom. The van der Waals surface area contributed by atoms with Crippen molar-refractivity contribution in [1.82, 2.24) is 0 Å². The summed E-state index contributed by atoms with van der Waals surface area (Å²) < 4.78 is 33.3. The number of hydrogen-bond acceptors (Lipinski definition) is 7. The SMILES string of the molecule is CCCCOC(=O)c1ccc(NC(=O)COC(=O)c2cc(S(C)(=O)=O)ccc2Cl)cc1. The van der Waals surface area contributed by atoms with Gasteiger partial charge in [0.2, 0.25) is 0 Å². The minimum atomic E-state index is -3.54. The highest BCUT2D eigenvalue weighted by Crippen LogP contribution is 2.21. The molecule has 10 heteroatoms. The second kappa shape index (κ2) is 10.9. The third-order valence-corrected chi connectivity index (χ3v) is 5.50. The van der Waals surface area contributed by atoms with Crippen LogP contribution < -0.4 is 5.32 Å². The van der Waals surface area contributed by atoms with Crippen LogP contribution in [0.25, 0.3) is 0 Å². The average Bonchev–Trinajstić information content (AvgIpc) is 2.72. The standard InChI is InChI=1S/C21H22ClNO7S/c1-3-4-11-29-20(25)14-5-7-15(8-6-14)23-19(24)13-30-21(26)17-12-16(31(2,27)28)9-10-18(17)22/h5-10,12H,3-4,11,13H2,1-2H3,(H,23,24). The number of benzene rings is 2. The van der Waals surface area contributed by atoms with E-state index in [1.807, 2.05) is 6.92 Å². The average molecular weight is 468 g/mol. The fourth-order valence-corrected chi connectivity index (χ4v) is 3.22. The van der Waals surface area contributed by atoms with Crippen LogP contribution in [0.15, 0.2) is 47.4 Å². The van der Waals surface area contributed by atoms with Crippen molar-refractivity contribution in [1.29, 1.82) is 0 Å². The van der Waals surface area contributed by atoms with Crippen LogP contribution in [0, 0.1) is 0 Å². The zero-order chi connectivity index (χ0) is 23.0. The van der Waals surface area contributed by atoms with Gasteiger partial charge < -0.3 is 14.8 Å². The lowest BCUT2D eigenvalue weighted by atomic mass is 10.2. The molecule has 0 aromatic heterocycles. The number of amides is 1. The van der Waals surface area contributed by atoms with Crippen molar-refractivity contribution in [2.24, 2.45) is 0 Å². The first kappa shape index (κ1) is 24.4. The third kappa shape index (κ3) is 7.37. The molecule has 1 amide bonds. The van der Waals surface area contributed by atoms with Gasteiger partial charge in [-0.1, -0.05) is 24.9 Å². The molecule has 0 saturated heterocycles. The summed E-state index contributed by atoms with van der Waals surface area (Å²) in [5.41, 5.74) is 0.576. The third-order valence-electron chi connectivity index (χ3n) is 4.06. The van der Waals surface area contributed by atoms with Gasteiger partial charge in [-0.05, 0) is 48.9 Å². The maximum Gasteiger partial charge on any atom is 0.340 e. The number of hydrogen-bond donors (Lipinski definition) is 1. The molecule has 2 aromatic rings. The summed E-state index contributed by atoms with van der Waals surface area (Å²) >= 11 is 5.93. The summed E-state index contributed by atoms with van der Waals surface area (Å²) in [6.07, 6.45) is 2.69. The minimum absolute atomic E-state index is 0.000722. The first-order valence-electron chi connectivity index (χ1n) is 9.35. The molecule has 0 aliphatic carbocycles. The molecule has 1 N–H and O–H groups in total. The van der Waals surface area contributed by atoms with Crippen LogP contribution in [0.5, 0.6) is 0 Å². The zero-order valence-electron chi connectivity index (χ0n) is 17.0. The molecule has 0 atom stereocenters. The van der Waals surface area contributed by atoms with Crippen molar-refractivity contribution in [3.05, 3.63) is 58.6 Å². The molecule has 2 aromatic carbocycles. The molecular weight excluding hydrogens is 446 g/mol. The van der Waals surface area contributed by atoms with Gasteiger partial charge in [0.05, 0.1) is 27.7 Å². The number of esters is 2. The van der Waals surface area contributed by atoms with Gasteiger partial charge in [-0.25, -0.2) is 18.0 Å². The van der Waals surface area contributed by atoms with Gasteiger partial charge in [0.15, 0.2) is 16.4 Å². The summed E-state index contributed by atoms with van der Waals surface area (Å²) in [4.78, 5) is 36.0. The number of unbranched alkanes of at least 4 members (excludes halogenated alkanes) is 1. The summed E-state index contributed by atoms with van der Waals surface area (Å²) in [5, 5.41) is 2.52. The van der Waals surface area contributed by atoms with Crippen molar-refractivity contribution in [2.75, 3.05) is 24.8 Å². The Balaban J connectivity index is 1.92. The van der Waals surface area contributed by atoms with E-state index in [1.54, 1.807) is 0 Å². The Kier molecular flexibility index (Phi) is 8.58. The lowest BCUT2D eigenvalue weighted by Crippen LogP contribution is -2.21. The van der Waals surface area contributed by atoms with E-state index < -0.39 is 34.3 Å².